The third kappa shape index (κ3) is 3.94. The molecule has 0 aliphatic heterocycles. The molecule has 2 rings (SSSR count). The van der Waals surface area contributed by atoms with Crippen molar-refractivity contribution in [3.8, 4) is 0 Å². The highest BCUT2D eigenvalue weighted by Crippen LogP contribution is 2.30. The lowest BCUT2D eigenvalue weighted by atomic mass is 10.4. The Morgan fingerprint density at radius 3 is 2.74 bits per heavy atom. The van der Waals surface area contributed by atoms with Crippen LogP contribution in [0.2, 0.25) is 10.3 Å². The van der Waals surface area contributed by atoms with Gasteiger partial charge in [0.05, 0.1) is 11.1 Å². The van der Waals surface area contributed by atoms with Crippen molar-refractivity contribution in [3.63, 3.8) is 0 Å². The second-order valence-corrected chi connectivity index (χ2v) is 5.81. The topological polar surface area (TPSA) is 53.9 Å². The van der Waals surface area contributed by atoms with Gasteiger partial charge in [-0.25, -0.2) is 9.97 Å². The van der Waals surface area contributed by atoms with E-state index in [0.717, 1.165) is 4.90 Å². The van der Waals surface area contributed by atoms with Crippen LogP contribution in [-0.4, -0.2) is 33.4 Å². The van der Waals surface area contributed by atoms with Gasteiger partial charge in [0, 0.05) is 6.20 Å². The van der Waals surface area contributed by atoms with Gasteiger partial charge >= 0.3 is 0 Å². The van der Waals surface area contributed by atoms with Crippen LogP contribution >= 0.6 is 35.1 Å². The summed E-state index contributed by atoms with van der Waals surface area (Å²) >= 11 is 13.3. The van der Waals surface area contributed by atoms with Gasteiger partial charge in [0.2, 0.25) is 5.28 Å². The zero-order valence-corrected chi connectivity index (χ0v) is 12.6. The number of halogens is 2. The molecule has 5 nitrogen and oxygen atoms in total. The average Bonchev–Trinajstić information content (AvgIpc) is 2.35. The lowest BCUT2D eigenvalue weighted by molar-refractivity contribution is 0.702. The van der Waals surface area contributed by atoms with Crippen LogP contribution in [0.25, 0.3) is 0 Å². The molecule has 2 aromatic rings. The number of anilines is 2. The summed E-state index contributed by atoms with van der Waals surface area (Å²) in [6.07, 6.45) is 3.14. The number of pyridine rings is 1. The molecule has 0 spiro atoms. The molecule has 0 radical (unpaired) electrons. The number of hydrogen-bond donors (Lipinski definition) is 1. The lowest BCUT2D eigenvalue weighted by Crippen LogP contribution is -2.03. The molecule has 0 saturated carbocycles. The summed E-state index contributed by atoms with van der Waals surface area (Å²) in [5, 5.41) is 3.58. The Balaban J connectivity index is 2.30. The van der Waals surface area contributed by atoms with Crippen molar-refractivity contribution in [1.82, 2.24) is 19.3 Å². The molecule has 8 heteroatoms. The number of rotatable bonds is 4. The number of aromatic nitrogens is 3. The van der Waals surface area contributed by atoms with E-state index >= 15 is 0 Å². The SMILES string of the molecule is CN(C)Sc1cccnc1Nc1nc(Cl)ncc1Cl. The molecule has 0 saturated heterocycles. The van der Waals surface area contributed by atoms with Crippen molar-refractivity contribution in [2.24, 2.45) is 0 Å². The van der Waals surface area contributed by atoms with Crippen LogP contribution in [0.3, 0.4) is 0 Å². The molecule has 0 unspecified atom stereocenters. The smallest absolute Gasteiger partial charge is 0.224 e. The highest BCUT2D eigenvalue weighted by Gasteiger charge is 2.10. The van der Waals surface area contributed by atoms with Crippen molar-refractivity contribution in [1.29, 1.82) is 0 Å². The zero-order valence-electron chi connectivity index (χ0n) is 10.3. The Morgan fingerprint density at radius 2 is 2.00 bits per heavy atom. The normalized spacial score (nSPS) is 10.8. The Bertz CT molecular complexity index is 579. The quantitative estimate of drug-likeness (QED) is 0.688. The summed E-state index contributed by atoms with van der Waals surface area (Å²) in [7, 11) is 3.91. The van der Waals surface area contributed by atoms with E-state index < -0.39 is 0 Å². The van der Waals surface area contributed by atoms with Gasteiger partial charge in [-0.1, -0.05) is 11.6 Å². The van der Waals surface area contributed by atoms with Crippen LogP contribution in [0.4, 0.5) is 11.6 Å². The summed E-state index contributed by atoms with van der Waals surface area (Å²) in [5.74, 6) is 1.10. The monoisotopic (exact) mass is 315 g/mol. The molecule has 0 fully saturated rings. The third-order valence-corrected chi connectivity index (χ3v) is 3.35. The molecule has 0 aliphatic carbocycles. The van der Waals surface area contributed by atoms with Crippen LogP contribution in [0.15, 0.2) is 29.4 Å². The van der Waals surface area contributed by atoms with Crippen LogP contribution in [0.5, 0.6) is 0 Å². The second kappa shape index (κ2) is 6.38. The predicted octanol–water partition coefficient (Wildman–Crippen LogP) is 3.49. The van der Waals surface area contributed by atoms with E-state index in [4.69, 9.17) is 23.2 Å². The van der Waals surface area contributed by atoms with E-state index in [9.17, 15) is 0 Å². The first kappa shape index (κ1) is 14.3. The molecule has 19 heavy (non-hydrogen) atoms. The minimum absolute atomic E-state index is 0.129. The van der Waals surface area contributed by atoms with Gasteiger partial charge in [0.25, 0.3) is 0 Å². The molecule has 0 atom stereocenters. The minimum atomic E-state index is 0.129. The summed E-state index contributed by atoms with van der Waals surface area (Å²) in [5.41, 5.74) is 0. The number of hydrogen-bond acceptors (Lipinski definition) is 6. The maximum Gasteiger partial charge on any atom is 0.224 e. The minimum Gasteiger partial charge on any atom is -0.323 e. The van der Waals surface area contributed by atoms with Gasteiger partial charge in [-0.2, -0.15) is 4.98 Å². The Morgan fingerprint density at radius 1 is 1.21 bits per heavy atom. The largest absolute Gasteiger partial charge is 0.323 e. The Kier molecular flexibility index (Phi) is 4.81. The molecule has 2 aromatic heterocycles. The van der Waals surface area contributed by atoms with Crippen molar-refractivity contribution in [2.75, 3.05) is 19.4 Å². The van der Waals surface area contributed by atoms with Crippen molar-refractivity contribution in [2.45, 2.75) is 4.90 Å². The van der Waals surface area contributed by atoms with E-state index in [0.29, 0.717) is 16.7 Å². The zero-order chi connectivity index (χ0) is 13.8. The van der Waals surface area contributed by atoms with E-state index in [1.807, 2.05) is 30.5 Å². The maximum atomic E-state index is 6.01. The first-order valence-electron chi connectivity index (χ1n) is 5.31. The number of nitrogens with one attached hydrogen (secondary N) is 1. The Labute approximate surface area is 125 Å². The molecular weight excluding hydrogens is 305 g/mol. The van der Waals surface area contributed by atoms with Crippen LogP contribution in [-0.2, 0) is 0 Å². The van der Waals surface area contributed by atoms with Crippen molar-refractivity contribution >= 4 is 46.8 Å². The fourth-order valence-corrected chi connectivity index (χ4v) is 2.29. The molecule has 1 N–H and O–H groups in total. The van der Waals surface area contributed by atoms with Crippen molar-refractivity contribution in [3.05, 3.63) is 34.8 Å². The highest BCUT2D eigenvalue weighted by molar-refractivity contribution is 7.97. The fourth-order valence-electron chi connectivity index (χ4n) is 1.30. The molecule has 2 heterocycles. The molecular formula is C11H11Cl2N5S. The number of nitrogens with zero attached hydrogens (tertiary/aromatic N) is 4. The first-order chi connectivity index (χ1) is 9.06. The fraction of sp³-hybridized carbons (Fsp3) is 0.182. The van der Waals surface area contributed by atoms with Crippen LogP contribution in [0.1, 0.15) is 0 Å². The molecule has 100 valence electrons. The molecule has 0 aliphatic rings. The third-order valence-electron chi connectivity index (χ3n) is 2.00. The summed E-state index contributed by atoms with van der Waals surface area (Å²) < 4.78 is 1.97. The highest BCUT2D eigenvalue weighted by atomic mass is 35.5. The molecule has 0 bridgehead atoms. The van der Waals surface area contributed by atoms with Crippen LogP contribution in [0, 0.1) is 0 Å². The van der Waals surface area contributed by atoms with Gasteiger partial charge in [-0.05, 0) is 49.8 Å². The van der Waals surface area contributed by atoms with Gasteiger partial charge in [0.1, 0.15) is 10.8 Å². The summed E-state index contributed by atoms with van der Waals surface area (Å²) in [6.45, 7) is 0. The van der Waals surface area contributed by atoms with Gasteiger partial charge in [-0.3, -0.25) is 4.31 Å². The lowest BCUT2D eigenvalue weighted by Gasteiger charge is -2.13. The van der Waals surface area contributed by atoms with E-state index in [-0.39, 0.29) is 5.28 Å². The van der Waals surface area contributed by atoms with E-state index in [1.165, 1.54) is 6.20 Å². The van der Waals surface area contributed by atoms with Gasteiger partial charge in [0.15, 0.2) is 5.82 Å². The van der Waals surface area contributed by atoms with Crippen LogP contribution < -0.4 is 5.32 Å². The molecule has 0 amide bonds. The summed E-state index contributed by atoms with van der Waals surface area (Å²) in [6, 6.07) is 3.82. The predicted molar refractivity (Wildman–Crippen MR) is 79.1 cm³/mol. The standard InChI is InChI=1S/C11H11Cl2N5S/c1-18(2)19-8-4-3-5-14-10(8)16-9-7(12)6-15-11(13)17-9/h3-6H,1-2H3,(H,14,15,16,17). The van der Waals surface area contributed by atoms with Gasteiger partial charge < -0.3 is 5.32 Å². The van der Waals surface area contributed by atoms with E-state index in [1.54, 1.807) is 18.1 Å². The maximum absolute atomic E-state index is 6.01. The summed E-state index contributed by atoms with van der Waals surface area (Å²) in [4.78, 5) is 13.1. The first-order valence-corrected chi connectivity index (χ1v) is 6.84. The Hall–Kier alpha value is -1.08. The van der Waals surface area contributed by atoms with E-state index in [2.05, 4.69) is 20.3 Å². The molecule has 0 aromatic carbocycles. The van der Waals surface area contributed by atoms with Gasteiger partial charge in [-0.15, -0.1) is 0 Å². The average molecular weight is 316 g/mol. The van der Waals surface area contributed by atoms with Crippen molar-refractivity contribution < 1.29 is 0 Å². The second-order valence-electron chi connectivity index (χ2n) is 3.71.